The van der Waals surface area contributed by atoms with Gasteiger partial charge in [0.2, 0.25) is 5.91 Å². The third-order valence-corrected chi connectivity index (χ3v) is 4.54. The van der Waals surface area contributed by atoms with E-state index in [-0.39, 0.29) is 17.9 Å². The molecule has 2 saturated heterocycles. The Kier molecular flexibility index (Phi) is 4.83. The summed E-state index contributed by atoms with van der Waals surface area (Å²) in [6.07, 6.45) is 6.54. The maximum atomic E-state index is 12.4. The van der Waals surface area contributed by atoms with Gasteiger partial charge in [0, 0.05) is 43.9 Å². The van der Waals surface area contributed by atoms with E-state index in [0.29, 0.717) is 19.1 Å². The predicted octanol–water partition coefficient (Wildman–Crippen LogP) is 0.755. The first-order valence-electron chi connectivity index (χ1n) is 7.83. The van der Waals surface area contributed by atoms with Crippen molar-refractivity contribution in [3.63, 3.8) is 0 Å². The summed E-state index contributed by atoms with van der Waals surface area (Å²) in [5, 5.41) is 6.48. The molecule has 0 bridgehead atoms. The van der Waals surface area contributed by atoms with Crippen molar-refractivity contribution in [2.75, 3.05) is 26.2 Å². The van der Waals surface area contributed by atoms with E-state index in [2.05, 4.69) is 15.6 Å². The molecule has 2 N–H and O–H groups in total. The fourth-order valence-electron chi connectivity index (χ4n) is 3.36. The third kappa shape index (κ3) is 3.60. The summed E-state index contributed by atoms with van der Waals surface area (Å²) < 4.78 is 5.81. The Bertz CT molecular complexity index is 464. The Balaban J connectivity index is 1.50. The number of pyridine rings is 1. The average molecular weight is 289 g/mol. The standard InChI is InChI=1S/C16H23N3O2/c20-16(19-9-3-12-1-6-17-7-2-12)13-5-10-21-15-4-8-18-11-14(13)15/h1-2,6-7,13-15,18H,3-5,8-11H2,(H,19,20)/t13-,14+,15-/m1/s1. The minimum Gasteiger partial charge on any atom is -0.378 e. The van der Waals surface area contributed by atoms with Crippen LogP contribution in [0.3, 0.4) is 0 Å². The molecule has 2 fully saturated rings. The number of carbonyl (C=O) groups is 1. The van der Waals surface area contributed by atoms with Crippen LogP contribution in [0.5, 0.6) is 0 Å². The maximum absolute atomic E-state index is 12.4. The second-order valence-electron chi connectivity index (χ2n) is 5.86. The number of ether oxygens (including phenoxy) is 1. The number of fused-ring (bicyclic) bond motifs is 1. The lowest BCUT2D eigenvalue weighted by Gasteiger charge is -2.40. The number of amides is 1. The van der Waals surface area contributed by atoms with Crippen molar-refractivity contribution in [2.45, 2.75) is 25.4 Å². The summed E-state index contributed by atoms with van der Waals surface area (Å²) in [5.74, 6) is 0.605. The zero-order valence-electron chi connectivity index (χ0n) is 12.3. The summed E-state index contributed by atoms with van der Waals surface area (Å²) in [4.78, 5) is 16.4. The van der Waals surface area contributed by atoms with Crippen LogP contribution in [0.25, 0.3) is 0 Å². The molecule has 2 aliphatic rings. The molecular weight excluding hydrogens is 266 g/mol. The molecule has 5 heteroatoms. The first kappa shape index (κ1) is 14.5. The number of nitrogens with zero attached hydrogens (tertiary/aromatic N) is 1. The van der Waals surface area contributed by atoms with Crippen molar-refractivity contribution in [2.24, 2.45) is 11.8 Å². The highest BCUT2D eigenvalue weighted by Gasteiger charge is 2.39. The first-order chi connectivity index (χ1) is 10.3. The van der Waals surface area contributed by atoms with Gasteiger partial charge in [-0.2, -0.15) is 0 Å². The maximum Gasteiger partial charge on any atom is 0.223 e. The van der Waals surface area contributed by atoms with E-state index in [0.717, 1.165) is 32.4 Å². The molecule has 3 rings (SSSR count). The lowest BCUT2D eigenvalue weighted by molar-refractivity contribution is -0.137. The average Bonchev–Trinajstić information content (AvgIpc) is 2.55. The first-order valence-corrected chi connectivity index (χ1v) is 7.83. The van der Waals surface area contributed by atoms with Gasteiger partial charge in [-0.25, -0.2) is 0 Å². The molecule has 1 aromatic rings. The minimum absolute atomic E-state index is 0.0917. The topological polar surface area (TPSA) is 63.2 Å². The van der Waals surface area contributed by atoms with Crippen molar-refractivity contribution >= 4 is 5.91 Å². The van der Waals surface area contributed by atoms with E-state index in [4.69, 9.17) is 4.74 Å². The van der Waals surface area contributed by atoms with Gasteiger partial charge in [-0.3, -0.25) is 9.78 Å². The van der Waals surface area contributed by atoms with Gasteiger partial charge in [0.25, 0.3) is 0 Å². The molecule has 0 aromatic carbocycles. The number of piperidine rings is 1. The molecule has 0 aliphatic carbocycles. The summed E-state index contributed by atoms with van der Waals surface area (Å²) in [5.41, 5.74) is 1.20. The van der Waals surface area contributed by atoms with Crippen LogP contribution in [0.1, 0.15) is 18.4 Å². The molecule has 3 atom stereocenters. The van der Waals surface area contributed by atoms with E-state index in [1.54, 1.807) is 12.4 Å². The number of nitrogens with one attached hydrogen (secondary N) is 2. The van der Waals surface area contributed by atoms with Crippen molar-refractivity contribution in [1.29, 1.82) is 0 Å². The molecule has 3 heterocycles. The molecule has 1 amide bonds. The highest BCUT2D eigenvalue weighted by atomic mass is 16.5. The van der Waals surface area contributed by atoms with E-state index in [9.17, 15) is 4.79 Å². The van der Waals surface area contributed by atoms with Gasteiger partial charge < -0.3 is 15.4 Å². The Labute approximate surface area is 125 Å². The molecular formula is C16H23N3O2. The van der Waals surface area contributed by atoms with Crippen LogP contribution in [0.15, 0.2) is 24.5 Å². The Morgan fingerprint density at radius 3 is 3.10 bits per heavy atom. The van der Waals surface area contributed by atoms with Crippen LogP contribution in [0, 0.1) is 11.8 Å². The molecule has 114 valence electrons. The number of rotatable bonds is 4. The number of hydrogen-bond acceptors (Lipinski definition) is 4. The largest absolute Gasteiger partial charge is 0.378 e. The van der Waals surface area contributed by atoms with E-state index < -0.39 is 0 Å². The van der Waals surface area contributed by atoms with Crippen molar-refractivity contribution in [1.82, 2.24) is 15.6 Å². The normalized spacial score (nSPS) is 28.7. The van der Waals surface area contributed by atoms with Crippen LogP contribution < -0.4 is 10.6 Å². The van der Waals surface area contributed by atoms with Gasteiger partial charge in [0.15, 0.2) is 0 Å². The number of hydrogen-bond donors (Lipinski definition) is 2. The van der Waals surface area contributed by atoms with Crippen molar-refractivity contribution < 1.29 is 9.53 Å². The number of carbonyl (C=O) groups excluding carboxylic acids is 1. The highest BCUT2D eigenvalue weighted by molar-refractivity contribution is 5.79. The SMILES string of the molecule is O=C(NCCc1ccncc1)[C@@H]1CCO[C@@H]2CCNC[C@H]21. The monoisotopic (exact) mass is 289 g/mol. The Morgan fingerprint density at radius 2 is 2.24 bits per heavy atom. The number of aromatic nitrogens is 1. The smallest absolute Gasteiger partial charge is 0.223 e. The fraction of sp³-hybridized carbons (Fsp3) is 0.625. The van der Waals surface area contributed by atoms with E-state index in [1.807, 2.05) is 12.1 Å². The minimum atomic E-state index is 0.0917. The second kappa shape index (κ2) is 7.00. The van der Waals surface area contributed by atoms with Crippen molar-refractivity contribution in [3.8, 4) is 0 Å². The van der Waals surface area contributed by atoms with Crippen LogP contribution >= 0.6 is 0 Å². The molecule has 0 saturated carbocycles. The Hall–Kier alpha value is -1.46. The molecule has 5 nitrogen and oxygen atoms in total. The molecule has 0 radical (unpaired) electrons. The second-order valence-corrected chi connectivity index (χ2v) is 5.86. The van der Waals surface area contributed by atoms with Gasteiger partial charge in [0.1, 0.15) is 0 Å². The molecule has 2 aliphatic heterocycles. The zero-order valence-corrected chi connectivity index (χ0v) is 12.3. The molecule has 0 spiro atoms. The molecule has 21 heavy (non-hydrogen) atoms. The Morgan fingerprint density at radius 1 is 1.38 bits per heavy atom. The molecule has 1 aromatic heterocycles. The lowest BCUT2D eigenvalue weighted by Crippen LogP contribution is -2.52. The van der Waals surface area contributed by atoms with Crippen LogP contribution in [-0.4, -0.2) is 43.2 Å². The van der Waals surface area contributed by atoms with Gasteiger partial charge in [0.05, 0.1) is 6.10 Å². The van der Waals surface area contributed by atoms with E-state index >= 15 is 0 Å². The summed E-state index contributed by atoms with van der Waals surface area (Å²) in [7, 11) is 0. The van der Waals surface area contributed by atoms with E-state index in [1.165, 1.54) is 5.56 Å². The quantitative estimate of drug-likeness (QED) is 0.859. The van der Waals surface area contributed by atoms with Gasteiger partial charge >= 0.3 is 0 Å². The zero-order chi connectivity index (χ0) is 14.5. The van der Waals surface area contributed by atoms with Crippen LogP contribution in [0.4, 0.5) is 0 Å². The van der Waals surface area contributed by atoms with Gasteiger partial charge in [-0.1, -0.05) is 0 Å². The van der Waals surface area contributed by atoms with Crippen LogP contribution in [-0.2, 0) is 16.0 Å². The fourth-order valence-corrected chi connectivity index (χ4v) is 3.36. The summed E-state index contributed by atoms with van der Waals surface area (Å²) in [6.45, 7) is 3.29. The highest BCUT2D eigenvalue weighted by Crippen LogP contribution is 2.30. The third-order valence-electron chi connectivity index (χ3n) is 4.54. The molecule has 0 unspecified atom stereocenters. The van der Waals surface area contributed by atoms with Crippen molar-refractivity contribution in [3.05, 3.63) is 30.1 Å². The predicted molar refractivity (Wildman–Crippen MR) is 79.8 cm³/mol. The van der Waals surface area contributed by atoms with Gasteiger partial charge in [-0.15, -0.1) is 0 Å². The van der Waals surface area contributed by atoms with Crippen LogP contribution in [0.2, 0.25) is 0 Å². The van der Waals surface area contributed by atoms with Gasteiger partial charge in [-0.05, 0) is 43.5 Å². The summed E-state index contributed by atoms with van der Waals surface area (Å²) in [6, 6.07) is 3.98. The summed E-state index contributed by atoms with van der Waals surface area (Å²) >= 11 is 0. The lowest BCUT2D eigenvalue weighted by atomic mass is 9.79.